The van der Waals surface area contributed by atoms with Crippen LogP contribution in [0.2, 0.25) is 0 Å². The highest BCUT2D eigenvalue weighted by molar-refractivity contribution is 5.94. The van der Waals surface area contributed by atoms with Crippen LogP contribution in [-0.4, -0.2) is 39.9 Å². The lowest BCUT2D eigenvalue weighted by atomic mass is 9.95. The van der Waals surface area contributed by atoms with Crippen molar-refractivity contribution in [2.45, 2.75) is 70.4 Å². The van der Waals surface area contributed by atoms with E-state index in [0.29, 0.717) is 6.04 Å². The molecule has 1 fully saturated rings. The zero-order valence-corrected chi connectivity index (χ0v) is 19.6. The summed E-state index contributed by atoms with van der Waals surface area (Å²) in [6.45, 7) is 6.36. The molecule has 33 heavy (non-hydrogen) atoms. The zero-order valence-electron chi connectivity index (χ0n) is 19.6. The number of imidazole rings is 1. The van der Waals surface area contributed by atoms with Gasteiger partial charge in [-0.25, -0.2) is 9.78 Å². The summed E-state index contributed by atoms with van der Waals surface area (Å²) in [6, 6.07) is 15.2. The number of rotatable bonds is 4. The Bertz CT molecular complexity index is 1130. The van der Waals surface area contributed by atoms with Crippen molar-refractivity contribution in [1.29, 1.82) is 0 Å². The van der Waals surface area contributed by atoms with Gasteiger partial charge < -0.3 is 15.0 Å². The first-order valence-corrected chi connectivity index (χ1v) is 12.3. The van der Waals surface area contributed by atoms with Crippen LogP contribution in [0.1, 0.15) is 68.4 Å². The van der Waals surface area contributed by atoms with Gasteiger partial charge in [0.1, 0.15) is 5.82 Å². The molecule has 0 radical (unpaired) electrons. The highest BCUT2D eigenvalue weighted by atomic mass is 16.4. The van der Waals surface area contributed by atoms with Crippen molar-refractivity contribution < 1.29 is 9.90 Å². The third-order valence-electron chi connectivity index (χ3n) is 7.42. The third-order valence-corrected chi connectivity index (χ3v) is 7.42. The number of aromatic nitrogens is 2. The number of anilines is 1. The van der Waals surface area contributed by atoms with E-state index < -0.39 is 6.09 Å². The predicted molar refractivity (Wildman–Crippen MR) is 132 cm³/mol. The molecule has 0 unspecified atom stereocenters. The summed E-state index contributed by atoms with van der Waals surface area (Å²) in [4.78, 5) is 18.8. The summed E-state index contributed by atoms with van der Waals surface area (Å²) < 4.78 is 2.50. The van der Waals surface area contributed by atoms with Crippen LogP contribution in [-0.2, 0) is 12.8 Å². The van der Waals surface area contributed by atoms with E-state index in [9.17, 15) is 9.90 Å². The molecule has 1 aromatic heterocycles. The van der Waals surface area contributed by atoms with Crippen LogP contribution in [0.3, 0.4) is 0 Å². The van der Waals surface area contributed by atoms with Gasteiger partial charge in [0, 0.05) is 23.6 Å². The van der Waals surface area contributed by atoms with Gasteiger partial charge in [-0.1, -0.05) is 37.3 Å². The number of nitrogens with one attached hydrogen (secondary N) is 1. The van der Waals surface area contributed by atoms with E-state index in [1.54, 1.807) is 0 Å². The highest BCUT2D eigenvalue weighted by Gasteiger charge is 2.32. The van der Waals surface area contributed by atoms with E-state index >= 15 is 0 Å². The molecule has 5 rings (SSSR count). The highest BCUT2D eigenvalue weighted by Crippen LogP contribution is 2.39. The zero-order chi connectivity index (χ0) is 22.9. The normalized spacial score (nSPS) is 22.1. The topological polar surface area (TPSA) is 70.4 Å². The number of hydrogen-bond acceptors (Lipinski definition) is 3. The second kappa shape index (κ2) is 9.18. The number of fused-ring (bicyclic) bond motifs is 3. The van der Waals surface area contributed by atoms with E-state index in [1.165, 1.54) is 10.5 Å². The van der Waals surface area contributed by atoms with Crippen LogP contribution in [0.5, 0.6) is 0 Å². The van der Waals surface area contributed by atoms with Gasteiger partial charge in [0.2, 0.25) is 0 Å². The summed E-state index contributed by atoms with van der Waals surface area (Å²) in [6.07, 6.45) is 5.14. The van der Waals surface area contributed by atoms with Crippen molar-refractivity contribution in [2.75, 3.05) is 18.0 Å². The van der Waals surface area contributed by atoms with Crippen LogP contribution < -0.4 is 10.2 Å². The fraction of sp³-hybridized carbons (Fsp3) is 0.481. The molecule has 6 nitrogen and oxygen atoms in total. The van der Waals surface area contributed by atoms with Gasteiger partial charge in [-0.15, -0.1) is 0 Å². The molecule has 0 bridgehead atoms. The predicted octanol–water partition coefficient (Wildman–Crippen LogP) is 5.52. The van der Waals surface area contributed by atoms with Gasteiger partial charge in [-0.3, -0.25) is 4.90 Å². The molecule has 1 amide bonds. The third kappa shape index (κ3) is 4.12. The van der Waals surface area contributed by atoms with Gasteiger partial charge in [0.05, 0.1) is 16.7 Å². The van der Waals surface area contributed by atoms with Gasteiger partial charge in [0.25, 0.3) is 0 Å². The second-order valence-electron chi connectivity index (χ2n) is 9.74. The first-order valence-electron chi connectivity index (χ1n) is 12.3. The van der Waals surface area contributed by atoms with Crippen LogP contribution >= 0.6 is 0 Å². The summed E-state index contributed by atoms with van der Waals surface area (Å²) in [5.41, 5.74) is 5.38. The summed E-state index contributed by atoms with van der Waals surface area (Å²) in [5, 5.41) is 13.4. The summed E-state index contributed by atoms with van der Waals surface area (Å²) >= 11 is 0. The maximum Gasteiger partial charge on any atom is 0.412 e. The molecule has 2 aliphatic rings. The standard InChI is InChI=1S/C27H34N4O2/c1-18(17-20-7-4-3-5-8-20)26-29-25-22-11-10-19(2)30(27(32)33)23(22)12-13-24(25)31(26)21-9-6-15-28-16-14-21/h3-5,7-8,12-13,18-19,21,28H,6,9-11,14-17H2,1-2H3,(H,32,33)/t18-,19+,21-/m1/s1. The Morgan fingerprint density at radius 1 is 1.15 bits per heavy atom. The van der Waals surface area contributed by atoms with E-state index in [0.717, 1.165) is 79.7 Å². The Balaban J connectivity index is 1.64. The minimum absolute atomic E-state index is 0.0149. The maximum atomic E-state index is 12.0. The molecule has 174 valence electrons. The summed E-state index contributed by atoms with van der Waals surface area (Å²) in [7, 11) is 0. The molecular formula is C27H34N4O2. The molecule has 3 heterocycles. The first-order chi connectivity index (χ1) is 16.0. The molecule has 3 atom stereocenters. The van der Waals surface area contributed by atoms with Crippen LogP contribution in [0, 0.1) is 0 Å². The van der Waals surface area contributed by atoms with Crippen LogP contribution in [0.4, 0.5) is 10.5 Å². The number of carbonyl (C=O) groups is 1. The van der Waals surface area contributed by atoms with Crippen molar-refractivity contribution in [3.05, 3.63) is 59.4 Å². The van der Waals surface area contributed by atoms with Crippen molar-refractivity contribution in [3.63, 3.8) is 0 Å². The minimum Gasteiger partial charge on any atom is -0.465 e. The smallest absolute Gasteiger partial charge is 0.412 e. The molecule has 2 aromatic carbocycles. The molecule has 0 aliphatic carbocycles. The number of aryl methyl sites for hydroxylation is 1. The molecule has 6 heteroatoms. The molecule has 0 saturated carbocycles. The average Bonchev–Trinajstić information content (AvgIpc) is 2.99. The summed E-state index contributed by atoms with van der Waals surface area (Å²) in [5.74, 6) is 1.40. The van der Waals surface area contributed by atoms with Crippen molar-refractivity contribution in [2.24, 2.45) is 0 Å². The molecule has 3 aromatic rings. The monoisotopic (exact) mass is 446 g/mol. The fourth-order valence-corrected chi connectivity index (χ4v) is 5.76. The Kier molecular flexibility index (Phi) is 6.11. The van der Waals surface area contributed by atoms with Gasteiger partial charge in [-0.2, -0.15) is 0 Å². The Morgan fingerprint density at radius 3 is 2.76 bits per heavy atom. The number of hydrogen-bond donors (Lipinski definition) is 2. The quantitative estimate of drug-likeness (QED) is 0.554. The largest absolute Gasteiger partial charge is 0.465 e. The molecule has 2 N–H and O–H groups in total. The van der Waals surface area contributed by atoms with Gasteiger partial charge in [-0.05, 0) is 76.2 Å². The Labute approximate surface area is 195 Å². The number of benzene rings is 2. The lowest BCUT2D eigenvalue weighted by Crippen LogP contribution is -2.41. The van der Waals surface area contributed by atoms with Crippen molar-refractivity contribution in [3.8, 4) is 0 Å². The van der Waals surface area contributed by atoms with E-state index in [2.05, 4.69) is 53.2 Å². The SMILES string of the molecule is C[C@H](Cc1ccccc1)c1nc2c3c(ccc2n1[C@@H]1CCCNCC1)N(C(=O)O)[C@@H](C)CC3. The molecule has 1 saturated heterocycles. The fourth-order valence-electron chi connectivity index (χ4n) is 5.76. The van der Waals surface area contributed by atoms with Crippen molar-refractivity contribution >= 4 is 22.8 Å². The molecule has 2 aliphatic heterocycles. The number of amides is 1. The molecule has 0 spiro atoms. The number of nitrogens with zero attached hydrogens (tertiary/aromatic N) is 3. The van der Waals surface area contributed by atoms with Crippen molar-refractivity contribution in [1.82, 2.24) is 14.9 Å². The average molecular weight is 447 g/mol. The lowest BCUT2D eigenvalue weighted by Gasteiger charge is -2.33. The van der Waals surface area contributed by atoms with Gasteiger partial charge in [0.15, 0.2) is 0 Å². The Morgan fingerprint density at radius 2 is 1.97 bits per heavy atom. The van der Waals surface area contributed by atoms with E-state index in [-0.39, 0.29) is 12.0 Å². The maximum absolute atomic E-state index is 12.0. The van der Waals surface area contributed by atoms with Crippen LogP contribution in [0.15, 0.2) is 42.5 Å². The lowest BCUT2D eigenvalue weighted by molar-refractivity contribution is 0.198. The Hall–Kier alpha value is -2.86. The van der Waals surface area contributed by atoms with Gasteiger partial charge >= 0.3 is 6.09 Å². The van der Waals surface area contributed by atoms with E-state index in [4.69, 9.17) is 4.98 Å². The second-order valence-corrected chi connectivity index (χ2v) is 9.74. The van der Waals surface area contributed by atoms with E-state index in [1.807, 2.05) is 13.0 Å². The number of carboxylic acid groups (broad SMARTS) is 1. The minimum atomic E-state index is -0.880. The molecular weight excluding hydrogens is 412 g/mol. The van der Waals surface area contributed by atoms with Crippen LogP contribution in [0.25, 0.3) is 11.0 Å². The first kappa shape index (κ1) is 22.0.